The lowest BCUT2D eigenvalue weighted by Crippen LogP contribution is -2.22. The van der Waals surface area contributed by atoms with Crippen molar-refractivity contribution in [3.05, 3.63) is 28.8 Å². The fraction of sp³-hybridized carbons (Fsp3) is 0.455. The largest absolute Gasteiger partial charge is 0.490 e. The molecule has 1 aromatic rings. The van der Waals surface area contributed by atoms with Crippen molar-refractivity contribution in [3.8, 4) is 5.75 Å². The number of benzene rings is 1. The van der Waals surface area contributed by atoms with Crippen molar-refractivity contribution in [2.45, 2.75) is 13.0 Å². The minimum Gasteiger partial charge on any atom is -0.490 e. The lowest BCUT2D eigenvalue weighted by molar-refractivity contribution is 0.0324. The Morgan fingerprint density at radius 2 is 2.13 bits per heavy atom. The molecule has 0 fully saturated rings. The fourth-order valence-electron chi connectivity index (χ4n) is 1.16. The molecule has 0 aliphatic heterocycles. The maximum Gasteiger partial charge on any atom is 0.123 e. The van der Waals surface area contributed by atoms with Gasteiger partial charge in [-0.3, -0.25) is 0 Å². The van der Waals surface area contributed by atoms with Gasteiger partial charge < -0.3 is 14.6 Å². The highest BCUT2D eigenvalue weighted by Gasteiger charge is 2.06. The molecule has 0 aliphatic carbocycles. The first-order valence-corrected chi connectivity index (χ1v) is 5.07. The molecule has 1 atom stereocenters. The molecule has 0 radical (unpaired) electrons. The van der Waals surface area contributed by atoms with Crippen LogP contribution in [0.25, 0.3) is 0 Å². The van der Waals surface area contributed by atoms with Gasteiger partial charge in [0, 0.05) is 12.1 Å². The minimum atomic E-state index is -0.617. The molecule has 0 saturated heterocycles. The Labute approximate surface area is 94.6 Å². The van der Waals surface area contributed by atoms with Crippen LogP contribution in [0.1, 0.15) is 5.56 Å². The molecule has 0 unspecified atom stereocenters. The number of rotatable bonds is 5. The highest BCUT2D eigenvalue weighted by molar-refractivity contribution is 6.30. The summed E-state index contributed by atoms with van der Waals surface area (Å²) < 4.78 is 10.2. The van der Waals surface area contributed by atoms with Crippen LogP contribution >= 0.6 is 11.6 Å². The number of methoxy groups -OCH3 is 1. The Morgan fingerprint density at radius 1 is 1.40 bits per heavy atom. The van der Waals surface area contributed by atoms with Crippen LogP contribution in [0.5, 0.6) is 5.75 Å². The van der Waals surface area contributed by atoms with Gasteiger partial charge in [0.25, 0.3) is 0 Å². The second-order valence-electron chi connectivity index (χ2n) is 3.33. The van der Waals surface area contributed by atoms with Gasteiger partial charge in [0.1, 0.15) is 18.5 Å². The molecule has 0 amide bonds. The SMILES string of the molecule is COC[C@@H](O)COc1cc(Cl)ccc1C. The van der Waals surface area contributed by atoms with E-state index in [1.54, 1.807) is 12.1 Å². The number of halogens is 1. The van der Waals surface area contributed by atoms with Crippen LogP contribution in [0.3, 0.4) is 0 Å². The van der Waals surface area contributed by atoms with Crippen LogP contribution in [0.2, 0.25) is 5.02 Å². The molecule has 0 aliphatic rings. The molecular weight excluding hydrogens is 216 g/mol. The van der Waals surface area contributed by atoms with E-state index >= 15 is 0 Å². The Balaban J connectivity index is 2.53. The second kappa shape index (κ2) is 5.95. The molecule has 15 heavy (non-hydrogen) atoms. The molecule has 3 nitrogen and oxygen atoms in total. The molecule has 1 N–H and O–H groups in total. The zero-order valence-corrected chi connectivity index (χ0v) is 9.62. The van der Waals surface area contributed by atoms with E-state index < -0.39 is 6.10 Å². The van der Waals surface area contributed by atoms with Crippen LogP contribution in [0.4, 0.5) is 0 Å². The Bertz CT molecular complexity index is 315. The topological polar surface area (TPSA) is 38.7 Å². The number of hydrogen-bond acceptors (Lipinski definition) is 3. The smallest absolute Gasteiger partial charge is 0.123 e. The van der Waals surface area contributed by atoms with Gasteiger partial charge >= 0.3 is 0 Å². The number of hydrogen-bond donors (Lipinski definition) is 1. The van der Waals surface area contributed by atoms with Gasteiger partial charge in [-0.05, 0) is 24.6 Å². The average molecular weight is 231 g/mol. The van der Waals surface area contributed by atoms with Gasteiger partial charge in [0.2, 0.25) is 0 Å². The van der Waals surface area contributed by atoms with E-state index in [9.17, 15) is 5.11 Å². The maximum atomic E-state index is 9.39. The summed E-state index contributed by atoms with van der Waals surface area (Å²) in [7, 11) is 1.54. The average Bonchev–Trinajstić information content (AvgIpc) is 2.20. The van der Waals surface area contributed by atoms with Crippen LogP contribution in [-0.2, 0) is 4.74 Å². The summed E-state index contributed by atoms with van der Waals surface area (Å²) >= 11 is 5.83. The number of aliphatic hydroxyl groups is 1. The van der Waals surface area contributed by atoms with E-state index in [0.717, 1.165) is 5.56 Å². The van der Waals surface area contributed by atoms with Crippen molar-refractivity contribution >= 4 is 11.6 Å². The summed E-state index contributed by atoms with van der Waals surface area (Å²) in [5.74, 6) is 0.692. The highest BCUT2D eigenvalue weighted by Crippen LogP contribution is 2.22. The summed E-state index contributed by atoms with van der Waals surface area (Å²) in [4.78, 5) is 0. The third-order valence-electron chi connectivity index (χ3n) is 1.94. The standard InChI is InChI=1S/C11H15ClO3/c1-8-3-4-9(12)5-11(8)15-7-10(13)6-14-2/h3-5,10,13H,6-7H2,1-2H3/t10-/m1/s1. The van der Waals surface area contributed by atoms with Gasteiger partial charge in [-0.15, -0.1) is 0 Å². The molecule has 84 valence electrons. The van der Waals surface area contributed by atoms with Crippen LogP contribution < -0.4 is 4.74 Å². The molecule has 0 bridgehead atoms. The molecule has 4 heteroatoms. The summed E-state index contributed by atoms with van der Waals surface area (Å²) in [5.41, 5.74) is 0.990. The van der Waals surface area contributed by atoms with Gasteiger partial charge in [-0.2, -0.15) is 0 Å². The third-order valence-corrected chi connectivity index (χ3v) is 2.18. The molecule has 0 spiro atoms. The van der Waals surface area contributed by atoms with E-state index in [1.165, 1.54) is 7.11 Å². The fourth-order valence-corrected chi connectivity index (χ4v) is 1.32. The normalized spacial score (nSPS) is 12.5. The molecule has 0 saturated carbocycles. The maximum absolute atomic E-state index is 9.39. The Kier molecular flexibility index (Phi) is 4.88. The molecule has 1 rings (SSSR count). The first-order chi connectivity index (χ1) is 7.13. The zero-order valence-electron chi connectivity index (χ0n) is 8.87. The molecule has 0 heterocycles. The van der Waals surface area contributed by atoms with Crippen molar-refractivity contribution in [1.82, 2.24) is 0 Å². The van der Waals surface area contributed by atoms with Gasteiger partial charge in [-0.25, -0.2) is 0 Å². The summed E-state index contributed by atoms with van der Waals surface area (Å²) in [6.45, 7) is 2.39. The molecular formula is C11H15ClO3. The second-order valence-corrected chi connectivity index (χ2v) is 3.77. The first kappa shape index (κ1) is 12.3. The Hall–Kier alpha value is -0.770. The van der Waals surface area contributed by atoms with Crippen LogP contribution in [0.15, 0.2) is 18.2 Å². The zero-order chi connectivity index (χ0) is 11.3. The van der Waals surface area contributed by atoms with Crippen molar-refractivity contribution in [3.63, 3.8) is 0 Å². The summed E-state index contributed by atoms with van der Waals surface area (Å²) in [5, 5.41) is 10.0. The number of aliphatic hydroxyl groups excluding tert-OH is 1. The number of ether oxygens (including phenoxy) is 2. The number of aryl methyl sites for hydroxylation is 1. The predicted molar refractivity (Wildman–Crippen MR) is 59.6 cm³/mol. The highest BCUT2D eigenvalue weighted by atomic mass is 35.5. The van der Waals surface area contributed by atoms with E-state index in [0.29, 0.717) is 10.8 Å². The van der Waals surface area contributed by atoms with E-state index in [4.69, 9.17) is 21.1 Å². The van der Waals surface area contributed by atoms with Crippen molar-refractivity contribution in [2.75, 3.05) is 20.3 Å². The van der Waals surface area contributed by atoms with Gasteiger partial charge in [0.15, 0.2) is 0 Å². The predicted octanol–water partition coefficient (Wildman–Crippen LogP) is 2.03. The monoisotopic (exact) mass is 230 g/mol. The summed E-state index contributed by atoms with van der Waals surface area (Å²) in [6, 6.07) is 5.41. The van der Waals surface area contributed by atoms with E-state index in [-0.39, 0.29) is 13.2 Å². The van der Waals surface area contributed by atoms with Crippen LogP contribution in [0, 0.1) is 6.92 Å². The van der Waals surface area contributed by atoms with Crippen molar-refractivity contribution in [2.24, 2.45) is 0 Å². The van der Waals surface area contributed by atoms with Crippen molar-refractivity contribution < 1.29 is 14.6 Å². The lowest BCUT2D eigenvalue weighted by Gasteiger charge is -2.13. The summed E-state index contributed by atoms with van der Waals surface area (Å²) in [6.07, 6.45) is -0.617. The quantitative estimate of drug-likeness (QED) is 0.841. The van der Waals surface area contributed by atoms with E-state index in [1.807, 2.05) is 13.0 Å². The van der Waals surface area contributed by atoms with Crippen molar-refractivity contribution in [1.29, 1.82) is 0 Å². The van der Waals surface area contributed by atoms with Gasteiger partial charge in [0.05, 0.1) is 6.61 Å². The first-order valence-electron chi connectivity index (χ1n) is 4.69. The molecule has 0 aromatic heterocycles. The molecule has 1 aromatic carbocycles. The Morgan fingerprint density at radius 3 is 2.80 bits per heavy atom. The minimum absolute atomic E-state index is 0.203. The third kappa shape index (κ3) is 4.08. The van der Waals surface area contributed by atoms with E-state index in [2.05, 4.69) is 0 Å². The van der Waals surface area contributed by atoms with Crippen LogP contribution in [-0.4, -0.2) is 31.5 Å². The lowest BCUT2D eigenvalue weighted by atomic mass is 10.2. The van der Waals surface area contributed by atoms with Gasteiger partial charge in [-0.1, -0.05) is 17.7 Å².